The summed E-state index contributed by atoms with van der Waals surface area (Å²) < 4.78 is 39.3. The van der Waals surface area contributed by atoms with Crippen molar-refractivity contribution in [3.63, 3.8) is 0 Å². The van der Waals surface area contributed by atoms with Crippen LogP contribution >= 0.6 is 22.6 Å². The summed E-state index contributed by atoms with van der Waals surface area (Å²) >= 11 is 2.07. The van der Waals surface area contributed by atoms with Crippen molar-refractivity contribution in [2.24, 2.45) is 0 Å². The molecular weight excluding hydrogens is 611 g/mol. The van der Waals surface area contributed by atoms with E-state index < -0.39 is 30.2 Å². The standard InChI is InChI=1S/C27H22F2IN3O5/c1-2-37-23-13-17(11-20(30)25(23)38-15-16-7-9-18(28)10-8-16)12-22-26(35)33(27(36)32-22)14-24(34)31-21-6-4-3-5-19(21)29/h3-13H,2,14-15H2,1H3,(H,31,34)(H,32,36)/b22-12+. The molecule has 0 aromatic heterocycles. The molecule has 0 saturated carbocycles. The minimum Gasteiger partial charge on any atom is -0.490 e. The third-order valence-electron chi connectivity index (χ3n) is 5.35. The molecule has 3 aromatic rings. The van der Waals surface area contributed by atoms with E-state index in [9.17, 15) is 23.2 Å². The quantitative estimate of drug-likeness (QED) is 0.195. The van der Waals surface area contributed by atoms with Gasteiger partial charge in [0.2, 0.25) is 5.91 Å². The van der Waals surface area contributed by atoms with E-state index in [2.05, 4.69) is 33.2 Å². The van der Waals surface area contributed by atoms with Gasteiger partial charge in [0.25, 0.3) is 5.91 Å². The maximum Gasteiger partial charge on any atom is 0.329 e. The van der Waals surface area contributed by atoms with Crippen LogP contribution in [-0.2, 0) is 16.2 Å². The summed E-state index contributed by atoms with van der Waals surface area (Å²) in [5.41, 5.74) is 1.23. The molecule has 38 heavy (non-hydrogen) atoms. The Balaban J connectivity index is 1.49. The lowest BCUT2D eigenvalue weighted by molar-refractivity contribution is -0.127. The van der Waals surface area contributed by atoms with Crippen molar-refractivity contribution in [1.82, 2.24) is 10.2 Å². The lowest BCUT2D eigenvalue weighted by atomic mass is 10.1. The van der Waals surface area contributed by atoms with Gasteiger partial charge in [-0.25, -0.2) is 18.5 Å². The summed E-state index contributed by atoms with van der Waals surface area (Å²) in [6.45, 7) is 1.76. The number of hydrogen-bond donors (Lipinski definition) is 2. The van der Waals surface area contributed by atoms with Crippen LogP contribution in [0, 0.1) is 15.2 Å². The zero-order valence-electron chi connectivity index (χ0n) is 20.1. The van der Waals surface area contributed by atoms with Crippen molar-refractivity contribution in [3.05, 3.63) is 92.7 Å². The zero-order chi connectivity index (χ0) is 27.2. The molecule has 1 aliphatic rings. The van der Waals surface area contributed by atoms with Crippen molar-refractivity contribution in [1.29, 1.82) is 0 Å². The smallest absolute Gasteiger partial charge is 0.329 e. The van der Waals surface area contributed by atoms with Gasteiger partial charge in [-0.05, 0) is 83.1 Å². The van der Waals surface area contributed by atoms with Crippen LogP contribution in [0.1, 0.15) is 18.1 Å². The fraction of sp³-hybridized carbons (Fsp3) is 0.148. The SMILES string of the molecule is CCOc1cc(/C=C2/NC(=O)N(CC(=O)Nc3ccccc3F)C2=O)cc(I)c1OCc1ccc(F)cc1. The number of para-hydroxylation sites is 1. The molecule has 11 heteroatoms. The van der Waals surface area contributed by atoms with E-state index in [1.165, 1.54) is 36.4 Å². The second kappa shape index (κ2) is 12.0. The molecule has 3 aromatic carbocycles. The van der Waals surface area contributed by atoms with Gasteiger partial charge in [-0.15, -0.1) is 0 Å². The molecule has 1 saturated heterocycles. The maximum atomic E-state index is 13.8. The Morgan fingerprint density at radius 1 is 1.08 bits per heavy atom. The zero-order valence-corrected chi connectivity index (χ0v) is 22.3. The van der Waals surface area contributed by atoms with E-state index >= 15 is 0 Å². The molecule has 1 heterocycles. The van der Waals surface area contributed by atoms with Crippen molar-refractivity contribution in [2.75, 3.05) is 18.5 Å². The molecule has 4 rings (SSSR count). The molecule has 8 nitrogen and oxygen atoms in total. The number of ether oxygens (including phenoxy) is 2. The van der Waals surface area contributed by atoms with E-state index in [4.69, 9.17) is 9.47 Å². The molecule has 2 N–H and O–H groups in total. The number of amides is 4. The molecule has 0 spiro atoms. The first kappa shape index (κ1) is 27.0. The number of benzene rings is 3. The highest BCUT2D eigenvalue weighted by molar-refractivity contribution is 14.1. The second-order valence-corrected chi connectivity index (χ2v) is 9.25. The normalized spacial score (nSPS) is 14.0. The minimum atomic E-state index is -0.774. The monoisotopic (exact) mass is 633 g/mol. The second-order valence-electron chi connectivity index (χ2n) is 8.09. The maximum absolute atomic E-state index is 13.8. The molecule has 196 valence electrons. The molecule has 0 bridgehead atoms. The fourth-order valence-corrected chi connectivity index (χ4v) is 4.37. The van der Waals surface area contributed by atoms with Crippen LogP contribution in [0.3, 0.4) is 0 Å². The Kier molecular flexibility index (Phi) is 8.56. The van der Waals surface area contributed by atoms with Crippen LogP contribution in [0.25, 0.3) is 6.08 Å². The summed E-state index contributed by atoms with van der Waals surface area (Å²) in [4.78, 5) is 38.3. The van der Waals surface area contributed by atoms with Gasteiger partial charge in [0.1, 0.15) is 30.5 Å². The van der Waals surface area contributed by atoms with Crippen LogP contribution in [0.15, 0.2) is 66.4 Å². The number of anilines is 1. The number of hydrogen-bond acceptors (Lipinski definition) is 5. The molecule has 0 aliphatic carbocycles. The van der Waals surface area contributed by atoms with Crippen LogP contribution in [-0.4, -0.2) is 35.9 Å². The number of carbonyl (C=O) groups excluding carboxylic acids is 3. The van der Waals surface area contributed by atoms with Crippen molar-refractivity contribution >= 4 is 52.2 Å². The fourth-order valence-electron chi connectivity index (χ4n) is 3.59. The summed E-state index contributed by atoms with van der Waals surface area (Å²) in [5.74, 6) is -1.51. The third kappa shape index (κ3) is 6.46. The predicted molar refractivity (Wildman–Crippen MR) is 144 cm³/mol. The molecule has 0 radical (unpaired) electrons. The van der Waals surface area contributed by atoms with Gasteiger partial charge >= 0.3 is 6.03 Å². The van der Waals surface area contributed by atoms with E-state index in [0.29, 0.717) is 27.2 Å². The Morgan fingerprint density at radius 2 is 1.82 bits per heavy atom. The van der Waals surface area contributed by atoms with Crippen molar-refractivity contribution in [2.45, 2.75) is 13.5 Å². The first-order chi connectivity index (χ1) is 18.2. The summed E-state index contributed by atoms with van der Waals surface area (Å²) in [6.07, 6.45) is 1.46. The highest BCUT2D eigenvalue weighted by Crippen LogP contribution is 2.35. The van der Waals surface area contributed by atoms with Gasteiger partial charge in [-0.2, -0.15) is 0 Å². The molecule has 1 aliphatic heterocycles. The molecule has 0 unspecified atom stereocenters. The third-order valence-corrected chi connectivity index (χ3v) is 6.15. The lowest BCUT2D eigenvalue weighted by Gasteiger charge is -2.15. The number of urea groups is 1. The number of nitrogens with one attached hydrogen (secondary N) is 2. The van der Waals surface area contributed by atoms with E-state index in [0.717, 1.165) is 10.5 Å². The summed E-state index contributed by atoms with van der Waals surface area (Å²) in [6, 6.07) is 14.1. The Morgan fingerprint density at radius 3 is 2.53 bits per heavy atom. The average molecular weight is 633 g/mol. The molecule has 0 atom stereocenters. The predicted octanol–water partition coefficient (Wildman–Crippen LogP) is 5.08. The van der Waals surface area contributed by atoms with Gasteiger partial charge in [-0.3, -0.25) is 9.59 Å². The van der Waals surface area contributed by atoms with E-state index in [-0.39, 0.29) is 23.8 Å². The van der Waals surface area contributed by atoms with Crippen LogP contribution in [0.4, 0.5) is 19.3 Å². The highest BCUT2D eigenvalue weighted by Gasteiger charge is 2.35. The average Bonchev–Trinajstić information content (AvgIpc) is 3.13. The van der Waals surface area contributed by atoms with Crippen LogP contribution in [0.2, 0.25) is 0 Å². The Bertz CT molecular complexity index is 1410. The summed E-state index contributed by atoms with van der Waals surface area (Å²) in [7, 11) is 0. The molecular formula is C27H22F2IN3O5. The number of rotatable bonds is 9. The van der Waals surface area contributed by atoms with Gasteiger partial charge < -0.3 is 20.1 Å². The largest absolute Gasteiger partial charge is 0.490 e. The summed E-state index contributed by atoms with van der Waals surface area (Å²) in [5, 5.41) is 4.81. The van der Waals surface area contributed by atoms with Crippen LogP contribution < -0.4 is 20.1 Å². The van der Waals surface area contributed by atoms with E-state index in [1.807, 2.05) is 6.92 Å². The van der Waals surface area contributed by atoms with Crippen molar-refractivity contribution < 1.29 is 32.6 Å². The number of carbonyl (C=O) groups is 3. The van der Waals surface area contributed by atoms with Crippen molar-refractivity contribution in [3.8, 4) is 11.5 Å². The van der Waals surface area contributed by atoms with Crippen LogP contribution in [0.5, 0.6) is 11.5 Å². The number of imide groups is 1. The van der Waals surface area contributed by atoms with Gasteiger partial charge in [0.05, 0.1) is 15.9 Å². The van der Waals surface area contributed by atoms with Gasteiger partial charge in [0.15, 0.2) is 11.5 Å². The highest BCUT2D eigenvalue weighted by atomic mass is 127. The van der Waals surface area contributed by atoms with E-state index in [1.54, 1.807) is 30.3 Å². The Hall–Kier alpha value is -4.00. The topological polar surface area (TPSA) is 97.0 Å². The number of halogens is 3. The molecule has 1 fully saturated rings. The minimum absolute atomic E-state index is 0.0353. The Labute approximate surface area is 230 Å². The lowest BCUT2D eigenvalue weighted by Crippen LogP contribution is -2.38. The molecule has 4 amide bonds. The first-order valence-corrected chi connectivity index (χ1v) is 12.6. The van der Waals surface area contributed by atoms with Gasteiger partial charge in [0, 0.05) is 0 Å². The van der Waals surface area contributed by atoms with Gasteiger partial charge in [-0.1, -0.05) is 24.3 Å². The number of nitrogens with zero attached hydrogens (tertiary/aromatic N) is 1. The first-order valence-electron chi connectivity index (χ1n) is 11.5.